The summed E-state index contributed by atoms with van der Waals surface area (Å²) < 4.78 is 19.0. The van der Waals surface area contributed by atoms with Crippen molar-refractivity contribution in [1.29, 1.82) is 0 Å². The molecular weight excluding hydrogens is 343 g/mol. The molecular formula is C19H21FO4S. The largest absolute Gasteiger partial charge is 0.469 e. The van der Waals surface area contributed by atoms with Crippen molar-refractivity contribution >= 4 is 23.1 Å². The Bertz CT molecular complexity index is 797. The molecule has 0 saturated carbocycles. The molecule has 1 heterocycles. The second kappa shape index (κ2) is 7.89. The molecule has 1 aromatic heterocycles. The fourth-order valence-electron chi connectivity index (χ4n) is 2.86. The number of aliphatic hydroxyl groups excluding tert-OH is 1. The van der Waals surface area contributed by atoms with E-state index >= 15 is 0 Å². The molecule has 2 aromatic rings. The number of carbonyl (C=O) groups excluding carboxylic acids is 2. The van der Waals surface area contributed by atoms with Crippen molar-refractivity contribution in [2.75, 3.05) is 7.11 Å². The summed E-state index contributed by atoms with van der Waals surface area (Å²) in [5, 5.41) is 9.52. The number of hydrogen-bond acceptors (Lipinski definition) is 5. The van der Waals surface area contributed by atoms with Crippen LogP contribution in [0.15, 0.2) is 24.3 Å². The monoisotopic (exact) mass is 364 g/mol. The van der Waals surface area contributed by atoms with Crippen LogP contribution in [-0.2, 0) is 16.1 Å². The third-order valence-electron chi connectivity index (χ3n) is 4.31. The van der Waals surface area contributed by atoms with E-state index in [0.717, 1.165) is 28.0 Å². The highest BCUT2D eigenvalue weighted by atomic mass is 32.1. The Kier molecular flexibility index (Phi) is 6.08. The van der Waals surface area contributed by atoms with Crippen LogP contribution in [0.1, 0.15) is 51.0 Å². The van der Waals surface area contributed by atoms with Gasteiger partial charge in [-0.05, 0) is 29.7 Å². The molecule has 6 heteroatoms. The van der Waals surface area contributed by atoms with Gasteiger partial charge in [0.2, 0.25) is 0 Å². The van der Waals surface area contributed by atoms with Crippen molar-refractivity contribution in [2.45, 2.75) is 33.3 Å². The standard InChI is InChI=1S/C19H21FO4S/c1-10-5-6-13(7-14(10)9-21)17(11(2)19(23)24-4)16-8-15(20)18(25-16)12(3)22/h5-8,11,17,21H,9H2,1-4H3. The van der Waals surface area contributed by atoms with E-state index in [9.17, 15) is 19.1 Å². The van der Waals surface area contributed by atoms with Crippen LogP contribution in [0, 0.1) is 18.7 Å². The van der Waals surface area contributed by atoms with E-state index in [4.69, 9.17) is 4.74 Å². The molecule has 0 saturated heterocycles. The van der Waals surface area contributed by atoms with Crippen molar-refractivity contribution in [3.05, 3.63) is 56.5 Å². The van der Waals surface area contributed by atoms with Gasteiger partial charge in [-0.25, -0.2) is 4.39 Å². The van der Waals surface area contributed by atoms with Gasteiger partial charge in [-0.3, -0.25) is 9.59 Å². The zero-order valence-electron chi connectivity index (χ0n) is 14.6. The van der Waals surface area contributed by atoms with E-state index in [1.54, 1.807) is 6.92 Å². The first-order chi connectivity index (χ1) is 11.8. The number of halogens is 1. The molecule has 0 fully saturated rings. The SMILES string of the molecule is COC(=O)C(C)C(c1ccc(C)c(CO)c1)c1cc(F)c(C(C)=O)s1. The molecule has 0 radical (unpaired) electrons. The fourth-order valence-corrected chi connectivity index (χ4v) is 4.02. The molecule has 0 amide bonds. The molecule has 134 valence electrons. The predicted octanol–water partition coefficient (Wildman–Crippen LogP) is 3.83. The first-order valence-corrected chi connectivity index (χ1v) is 8.70. The van der Waals surface area contributed by atoms with E-state index < -0.39 is 23.6 Å². The second-order valence-electron chi connectivity index (χ2n) is 6.02. The maximum absolute atomic E-state index is 14.1. The van der Waals surface area contributed by atoms with Gasteiger partial charge in [-0.1, -0.05) is 25.1 Å². The van der Waals surface area contributed by atoms with Crippen molar-refractivity contribution < 1.29 is 23.8 Å². The third-order valence-corrected chi connectivity index (χ3v) is 5.60. The Balaban J connectivity index is 2.60. The molecule has 0 spiro atoms. The molecule has 2 rings (SSSR count). The average molecular weight is 364 g/mol. The zero-order valence-corrected chi connectivity index (χ0v) is 15.4. The summed E-state index contributed by atoms with van der Waals surface area (Å²) in [6, 6.07) is 6.83. The molecule has 1 aromatic carbocycles. The van der Waals surface area contributed by atoms with Crippen LogP contribution < -0.4 is 0 Å². The van der Waals surface area contributed by atoms with Crippen LogP contribution in [-0.4, -0.2) is 24.0 Å². The lowest BCUT2D eigenvalue weighted by atomic mass is 9.84. The minimum absolute atomic E-state index is 0.0477. The Hall–Kier alpha value is -2.05. The van der Waals surface area contributed by atoms with Crippen LogP contribution >= 0.6 is 11.3 Å². The second-order valence-corrected chi connectivity index (χ2v) is 7.10. The van der Waals surface area contributed by atoms with Gasteiger partial charge in [0.25, 0.3) is 0 Å². The number of benzene rings is 1. The van der Waals surface area contributed by atoms with Crippen molar-refractivity contribution in [1.82, 2.24) is 0 Å². The van der Waals surface area contributed by atoms with Crippen molar-refractivity contribution in [3.8, 4) is 0 Å². The Labute approximate surface area is 150 Å². The Morgan fingerprint density at radius 3 is 2.52 bits per heavy atom. The molecule has 0 aliphatic heterocycles. The quantitative estimate of drug-likeness (QED) is 0.625. The van der Waals surface area contributed by atoms with Gasteiger partial charge < -0.3 is 9.84 Å². The first kappa shape index (κ1) is 19.3. The molecule has 2 unspecified atom stereocenters. The number of rotatable bonds is 6. The zero-order chi connectivity index (χ0) is 18.7. The van der Waals surface area contributed by atoms with Gasteiger partial charge in [0, 0.05) is 17.7 Å². The number of aliphatic hydroxyl groups is 1. The number of Topliss-reactive ketones (excluding diaryl/α,β-unsaturated/α-hetero) is 1. The number of thiophene rings is 1. The van der Waals surface area contributed by atoms with Crippen LogP contribution in [0.2, 0.25) is 0 Å². The number of ether oxygens (including phenoxy) is 1. The van der Waals surface area contributed by atoms with Crippen LogP contribution in [0.5, 0.6) is 0 Å². The minimum atomic E-state index is -0.580. The molecule has 25 heavy (non-hydrogen) atoms. The molecule has 0 bridgehead atoms. The van der Waals surface area contributed by atoms with Gasteiger partial charge in [0.1, 0.15) is 10.7 Å². The van der Waals surface area contributed by atoms with Crippen LogP contribution in [0.25, 0.3) is 0 Å². The highest BCUT2D eigenvalue weighted by molar-refractivity contribution is 7.14. The highest BCUT2D eigenvalue weighted by Crippen LogP contribution is 2.38. The summed E-state index contributed by atoms with van der Waals surface area (Å²) in [6.45, 7) is 4.77. The smallest absolute Gasteiger partial charge is 0.309 e. The van der Waals surface area contributed by atoms with E-state index in [2.05, 4.69) is 0 Å². The predicted molar refractivity (Wildman–Crippen MR) is 94.4 cm³/mol. The summed E-state index contributed by atoms with van der Waals surface area (Å²) in [6.07, 6.45) is 0. The average Bonchev–Trinajstić information content (AvgIpc) is 2.97. The lowest BCUT2D eigenvalue weighted by Gasteiger charge is -2.22. The normalized spacial score (nSPS) is 13.4. The Morgan fingerprint density at radius 2 is 2.00 bits per heavy atom. The lowest BCUT2D eigenvalue weighted by Crippen LogP contribution is -2.21. The van der Waals surface area contributed by atoms with E-state index in [1.165, 1.54) is 20.1 Å². The molecule has 0 aliphatic carbocycles. The van der Waals surface area contributed by atoms with E-state index in [-0.39, 0.29) is 17.3 Å². The van der Waals surface area contributed by atoms with Crippen molar-refractivity contribution in [2.24, 2.45) is 5.92 Å². The summed E-state index contributed by atoms with van der Waals surface area (Å²) >= 11 is 1.05. The van der Waals surface area contributed by atoms with Gasteiger partial charge in [-0.15, -0.1) is 11.3 Å². The van der Waals surface area contributed by atoms with Crippen LogP contribution in [0.3, 0.4) is 0 Å². The van der Waals surface area contributed by atoms with E-state index in [1.807, 2.05) is 25.1 Å². The number of methoxy groups -OCH3 is 1. The molecule has 4 nitrogen and oxygen atoms in total. The number of hydrogen-bond donors (Lipinski definition) is 1. The van der Waals surface area contributed by atoms with Gasteiger partial charge >= 0.3 is 5.97 Å². The number of ketones is 1. The number of esters is 1. The first-order valence-electron chi connectivity index (χ1n) is 7.88. The summed E-state index contributed by atoms with van der Waals surface area (Å²) in [5.41, 5.74) is 2.43. The number of carbonyl (C=O) groups is 2. The maximum Gasteiger partial charge on any atom is 0.309 e. The van der Waals surface area contributed by atoms with Gasteiger partial charge in [0.15, 0.2) is 5.78 Å². The fraction of sp³-hybridized carbons (Fsp3) is 0.368. The summed E-state index contributed by atoms with van der Waals surface area (Å²) in [4.78, 5) is 24.3. The summed E-state index contributed by atoms with van der Waals surface area (Å²) in [5.74, 6) is -2.39. The third kappa shape index (κ3) is 3.96. The molecule has 0 aliphatic rings. The van der Waals surface area contributed by atoms with Gasteiger partial charge in [0.05, 0.1) is 19.6 Å². The molecule has 2 atom stereocenters. The topological polar surface area (TPSA) is 63.6 Å². The lowest BCUT2D eigenvalue weighted by molar-refractivity contribution is -0.145. The van der Waals surface area contributed by atoms with Crippen molar-refractivity contribution in [3.63, 3.8) is 0 Å². The highest BCUT2D eigenvalue weighted by Gasteiger charge is 2.31. The van der Waals surface area contributed by atoms with E-state index in [0.29, 0.717) is 4.88 Å². The van der Waals surface area contributed by atoms with Gasteiger partial charge in [-0.2, -0.15) is 0 Å². The van der Waals surface area contributed by atoms with Crippen LogP contribution in [0.4, 0.5) is 4.39 Å². The maximum atomic E-state index is 14.1. The minimum Gasteiger partial charge on any atom is -0.469 e. The summed E-state index contributed by atoms with van der Waals surface area (Å²) in [7, 11) is 1.31. The Morgan fingerprint density at radius 1 is 1.32 bits per heavy atom. The molecule has 1 N–H and O–H groups in total. The number of aryl methyl sites for hydroxylation is 1.